The second-order valence-corrected chi connectivity index (χ2v) is 8.51. The van der Waals surface area contributed by atoms with Gasteiger partial charge in [0.25, 0.3) is 0 Å². The number of carbonyl (C=O) groups is 2. The highest BCUT2D eigenvalue weighted by Gasteiger charge is 2.45. The maximum atomic E-state index is 12.7. The Morgan fingerprint density at radius 2 is 1.62 bits per heavy atom. The van der Waals surface area contributed by atoms with Gasteiger partial charge < -0.3 is 59.5 Å². The maximum absolute atomic E-state index is 12.7. The number of carbonyl (C=O) groups excluding carboxylic acids is 1. The largest absolute Gasteiger partial charge is 0.507 e. The van der Waals surface area contributed by atoms with Crippen molar-refractivity contribution >= 4 is 22.9 Å². The van der Waals surface area contributed by atoms with Gasteiger partial charge in [-0.1, -0.05) is 0 Å². The summed E-state index contributed by atoms with van der Waals surface area (Å²) in [5.74, 6) is -5.95. The van der Waals surface area contributed by atoms with Crippen LogP contribution in [0.1, 0.15) is 6.42 Å². The van der Waals surface area contributed by atoms with Crippen LogP contribution in [0.5, 0.6) is 28.7 Å². The van der Waals surface area contributed by atoms with E-state index < -0.39 is 95.2 Å². The van der Waals surface area contributed by atoms with Crippen molar-refractivity contribution in [1.29, 1.82) is 0 Å². The highest BCUT2D eigenvalue weighted by atomic mass is 16.7. The first kappa shape index (κ1) is 27.5. The van der Waals surface area contributed by atoms with E-state index in [1.54, 1.807) is 0 Å². The van der Waals surface area contributed by atoms with Gasteiger partial charge >= 0.3 is 11.9 Å². The number of aliphatic hydroxyl groups is 3. The Kier molecular flexibility index (Phi) is 7.51. The molecule has 15 heteroatoms. The summed E-state index contributed by atoms with van der Waals surface area (Å²) in [5.41, 5.74) is -1.37. The monoisotopic (exact) mass is 550 g/mol. The zero-order chi connectivity index (χ0) is 28.6. The number of phenolic OH excluding ortho intramolecular Hbond substituents is 3. The SMILES string of the molecule is O=C(O)CC(=O)OC[C@H]1O[C@@H](Oc2cc(O)c3c(=O)c(O)c(-c4ccc(O)c(O)c4)oc3c2)[C@H](O)[C@@H](O)[C@@H]1O. The van der Waals surface area contributed by atoms with Crippen LogP contribution in [0.3, 0.4) is 0 Å². The van der Waals surface area contributed by atoms with Gasteiger partial charge in [0, 0.05) is 17.7 Å². The molecule has 2 heterocycles. The minimum atomic E-state index is -1.86. The fourth-order valence-corrected chi connectivity index (χ4v) is 3.83. The molecule has 0 unspecified atom stereocenters. The van der Waals surface area contributed by atoms with Crippen LogP contribution >= 0.6 is 0 Å². The number of hydrogen-bond donors (Lipinski definition) is 8. The first-order valence-corrected chi connectivity index (χ1v) is 11.2. The van der Waals surface area contributed by atoms with E-state index in [2.05, 4.69) is 0 Å². The van der Waals surface area contributed by atoms with Crippen molar-refractivity contribution in [2.75, 3.05) is 6.61 Å². The van der Waals surface area contributed by atoms with E-state index in [1.165, 1.54) is 6.07 Å². The summed E-state index contributed by atoms with van der Waals surface area (Å²) in [7, 11) is 0. The molecule has 0 radical (unpaired) electrons. The number of fused-ring (bicyclic) bond motifs is 1. The number of aliphatic carboxylic acids is 1. The van der Waals surface area contributed by atoms with Crippen LogP contribution in [-0.4, -0.2) is 90.1 Å². The average molecular weight is 550 g/mol. The van der Waals surface area contributed by atoms with Crippen LogP contribution in [0, 0.1) is 0 Å². The third-order valence-corrected chi connectivity index (χ3v) is 5.79. The van der Waals surface area contributed by atoms with Gasteiger partial charge in [-0.2, -0.15) is 0 Å². The molecule has 4 rings (SSSR count). The molecule has 208 valence electrons. The number of benzene rings is 2. The van der Waals surface area contributed by atoms with Crippen molar-refractivity contribution in [2.24, 2.45) is 0 Å². The van der Waals surface area contributed by atoms with Gasteiger partial charge in [-0.05, 0) is 18.2 Å². The van der Waals surface area contributed by atoms with Crippen molar-refractivity contribution < 1.29 is 69.1 Å². The molecular formula is C24H22O15. The number of rotatable bonds is 7. The molecule has 15 nitrogen and oxygen atoms in total. The molecule has 1 fully saturated rings. The lowest BCUT2D eigenvalue weighted by Crippen LogP contribution is -2.60. The molecule has 1 saturated heterocycles. The minimum absolute atomic E-state index is 0.00366. The first-order valence-electron chi connectivity index (χ1n) is 11.2. The Labute approximate surface area is 216 Å². The molecule has 0 spiro atoms. The Balaban J connectivity index is 1.64. The first-order chi connectivity index (χ1) is 18.4. The summed E-state index contributed by atoms with van der Waals surface area (Å²) in [6, 6.07) is 5.33. The van der Waals surface area contributed by atoms with Crippen LogP contribution in [-0.2, 0) is 19.1 Å². The summed E-state index contributed by atoms with van der Waals surface area (Å²) >= 11 is 0. The molecule has 5 atom stereocenters. The molecule has 0 saturated carbocycles. The number of phenols is 3. The lowest BCUT2D eigenvalue weighted by Gasteiger charge is -2.39. The number of carboxylic acids is 1. The second kappa shape index (κ2) is 10.7. The van der Waals surface area contributed by atoms with E-state index >= 15 is 0 Å². The fourth-order valence-electron chi connectivity index (χ4n) is 3.83. The van der Waals surface area contributed by atoms with Crippen LogP contribution in [0.2, 0.25) is 0 Å². The summed E-state index contributed by atoms with van der Waals surface area (Å²) in [6.45, 7) is -0.698. The van der Waals surface area contributed by atoms with Crippen LogP contribution in [0.15, 0.2) is 39.5 Å². The van der Waals surface area contributed by atoms with Gasteiger partial charge in [-0.3, -0.25) is 14.4 Å². The minimum Gasteiger partial charge on any atom is -0.507 e. The Morgan fingerprint density at radius 3 is 2.28 bits per heavy atom. The van der Waals surface area contributed by atoms with Gasteiger partial charge in [-0.15, -0.1) is 0 Å². The Morgan fingerprint density at radius 1 is 0.897 bits per heavy atom. The number of esters is 1. The van der Waals surface area contributed by atoms with Crippen molar-refractivity contribution in [3.63, 3.8) is 0 Å². The third-order valence-electron chi connectivity index (χ3n) is 5.79. The Bertz CT molecular complexity index is 1480. The predicted octanol–water partition coefficient (Wildman–Crippen LogP) is -0.513. The topological polar surface area (TPSA) is 254 Å². The quantitative estimate of drug-likeness (QED) is 0.105. The van der Waals surface area contributed by atoms with Gasteiger partial charge in [0.05, 0.1) is 0 Å². The molecule has 1 aliphatic heterocycles. The highest BCUT2D eigenvalue weighted by molar-refractivity contribution is 5.90. The molecule has 3 aromatic rings. The van der Waals surface area contributed by atoms with E-state index in [0.717, 1.165) is 24.3 Å². The molecule has 2 aromatic carbocycles. The van der Waals surface area contributed by atoms with Gasteiger partial charge in [-0.25, -0.2) is 0 Å². The van der Waals surface area contributed by atoms with Gasteiger partial charge in [0.1, 0.15) is 59.9 Å². The van der Waals surface area contributed by atoms with Crippen molar-refractivity contribution in [2.45, 2.75) is 37.1 Å². The summed E-state index contributed by atoms with van der Waals surface area (Å²) in [5, 5.41) is 78.9. The molecule has 0 amide bonds. The standard InChI is InChI=1S/C24H22O15/c25-10-2-1-8(3-11(10)26)23-21(34)19(32)17-12(27)4-9(5-13(17)38-23)37-24-22(35)20(33)18(31)14(39-24)7-36-16(30)6-15(28)29/h1-5,14,18,20,22,24-27,31,33-35H,6-7H2,(H,28,29)/t14-,18-,20+,22-,24-/m1/s1. The molecule has 1 aromatic heterocycles. The highest BCUT2D eigenvalue weighted by Crippen LogP contribution is 2.38. The summed E-state index contributed by atoms with van der Waals surface area (Å²) in [4.78, 5) is 34.9. The second-order valence-electron chi connectivity index (χ2n) is 8.51. The molecule has 0 aliphatic carbocycles. The van der Waals surface area contributed by atoms with E-state index in [0.29, 0.717) is 0 Å². The van der Waals surface area contributed by atoms with E-state index in [4.69, 9.17) is 23.7 Å². The van der Waals surface area contributed by atoms with E-state index in [9.17, 15) is 50.1 Å². The van der Waals surface area contributed by atoms with Crippen molar-refractivity contribution in [1.82, 2.24) is 0 Å². The number of ether oxygens (including phenoxy) is 3. The van der Waals surface area contributed by atoms with E-state index in [1.807, 2.05) is 0 Å². The average Bonchev–Trinajstić information content (AvgIpc) is 2.86. The predicted molar refractivity (Wildman–Crippen MR) is 125 cm³/mol. The molecule has 1 aliphatic rings. The lowest BCUT2D eigenvalue weighted by atomic mass is 9.99. The van der Waals surface area contributed by atoms with Gasteiger partial charge in [0.2, 0.25) is 17.5 Å². The van der Waals surface area contributed by atoms with Crippen molar-refractivity contribution in [3.8, 4) is 40.1 Å². The maximum Gasteiger partial charge on any atom is 0.317 e. The number of aliphatic hydroxyl groups excluding tert-OH is 3. The fraction of sp³-hybridized carbons (Fsp3) is 0.292. The normalized spacial score (nSPS) is 22.9. The number of aromatic hydroxyl groups is 4. The molecule has 8 N–H and O–H groups in total. The zero-order valence-corrected chi connectivity index (χ0v) is 19.6. The smallest absolute Gasteiger partial charge is 0.317 e. The van der Waals surface area contributed by atoms with Crippen LogP contribution in [0.25, 0.3) is 22.3 Å². The van der Waals surface area contributed by atoms with Crippen LogP contribution < -0.4 is 10.2 Å². The number of hydrogen-bond acceptors (Lipinski definition) is 14. The third kappa shape index (κ3) is 5.51. The number of carboxylic acid groups (broad SMARTS) is 1. The molecular weight excluding hydrogens is 528 g/mol. The lowest BCUT2D eigenvalue weighted by molar-refractivity contribution is -0.278. The summed E-state index contributed by atoms with van der Waals surface area (Å²) in [6.07, 6.45) is -9.61. The molecule has 0 bridgehead atoms. The van der Waals surface area contributed by atoms with Gasteiger partial charge in [0.15, 0.2) is 17.3 Å². The zero-order valence-electron chi connectivity index (χ0n) is 19.6. The molecule has 39 heavy (non-hydrogen) atoms. The summed E-state index contributed by atoms with van der Waals surface area (Å²) < 4.78 is 21.2. The van der Waals surface area contributed by atoms with Crippen LogP contribution in [0.4, 0.5) is 0 Å². The Hall–Kier alpha value is -4.57. The van der Waals surface area contributed by atoms with E-state index in [-0.39, 0.29) is 16.9 Å². The van der Waals surface area contributed by atoms with Crippen molar-refractivity contribution in [3.05, 3.63) is 40.6 Å².